The molecule has 0 aliphatic heterocycles. The number of nitrogens with one attached hydrogen (secondary N) is 3. The van der Waals surface area contributed by atoms with Gasteiger partial charge < -0.3 is 15.4 Å². The van der Waals surface area contributed by atoms with Crippen LogP contribution in [0, 0.1) is 0 Å². The van der Waals surface area contributed by atoms with Crippen LogP contribution in [0.2, 0.25) is 0 Å². The summed E-state index contributed by atoms with van der Waals surface area (Å²) in [5.41, 5.74) is 0. The first-order chi connectivity index (χ1) is 8.63. The number of methoxy groups -OCH3 is 1. The number of carbonyl (C=O) groups is 2. The molecule has 0 saturated carbocycles. The van der Waals surface area contributed by atoms with E-state index in [4.69, 9.17) is 0 Å². The number of alkyl carbamates (subject to hydrolysis) is 1. The van der Waals surface area contributed by atoms with Crippen molar-refractivity contribution in [3.05, 3.63) is 6.33 Å². The predicted octanol–water partition coefficient (Wildman–Crippen LogP) is -0.243. The zero-order chi connectivity index (χ0) is 13.4. The third kappa shape index (κ3) is 5.04. The van der Waals surface area contributed by atoms with E-state index in [1.807, 2.05) is 0 Å². The summed E-state index contributed by atoms with van der Waals surface area (Å²) in [5, 5.41) is 12.2. The minimum Gasteiger partial charge on any atom is -0.453 e. The number of nitrogens with zero attached hydrogens (tertiary/aromatic N) is 2. The first-order valence-electron chi connectivity index (χ1n) is 5.24. The lowest BCUT2D eigenvalue weighted by molar-refractivity contribution is -0.122. The van der Waals surface area contributed by atoms with E-state index in [0.29, 0.717) is 17.5 Å². The highest BCUT2D eigenvalue weighted by Gasteiger charge is 2.14. The fourth-order valence-corrected chi connectivity index (χ4v) is 1.68. The van der Waals surface area contributed by atoms with Crippen LogP contribution >= 0.6 is 11.8 Å². The molecule has 8 nitrogen and oxygen atoms in total. The molecule has 0 unspecified atom stereocenters. The molecule has 0 radical (unpaired) electrons. The molecule has 1 rings (SSSR count). The van der Waals surface area contributed by atoms with Crippen LogP contribution < -0.4 is 10.6 Å². The largest absolute Gasteiger partial charge is 0.453 e. The summed E-state index contributed by atoms with van der Waals surface area (Å²) in [6.45, 7) is 2.05. The van der Waals surface area contributed by atoms with Gasteiger partial charge in [-0.25, -0.2) is 9.78 Å². The Hall–Kier alpha value is -1.77. The Balaban J connectivity index is 2.14. The summed E-state index contributed by atoms with van der Waals surface area (Å²) in [6.07, 6.45) is 0.789. The van der Waals surface area contributed by atoms with Crippen LogP contribution in [0.3, 0.4) is 0 Å². The lowest BCUT2D eigenvalue weighted by atomic mass is 10.3. The Morgan fingerprint density at radius 2 is 2.39 bits per heavy atom. The van der Waals surface area contributed by atoms with Gasteiger partial charge in [-0.2, -0.15) is 5.10 Å². The summed E-state index contributed by atoms with van der Waals surface area (Å²) < 4.78 is 4.39. The Kier molecular flexibility index (Phi) is 5.98. The van der Waals surface area contributed by atoms with Crippen molar-refractivity contribution in [1.29, 1.82) is 0 Å². The highest BCUT2D eigenvalue weighted by Crippen LogP contribution is 2.08. The summed E-state index contributed by atoms with van der Waals surface area (Å²) in [7, 11) is 1.24. The summed E-state index contributed by atoms with van der Waals surface area (Å²) in [5.74, 6) is 0.393. The molecule has 1 aromatic heterocycles. The Labute approximate surface area is 108 Å². The fourth-order valence-electron chi connectivity index (χ4n) is 1.04. The maximum absolute atomic E-state index is 11.5. The lowest BCUT2D eigenvalue weighted by Gasteiger charge is -2.12. The van der Waals surface area contributed by atoms with Crippen LogP contribution in [0.4, 0.5) is 4.79 Å². The van der Waals surface area contributed by atoms with E-state index >= 15 is 0 Å². The van der Waals surface area contributed by atoms with Crippen LogP contribution in [-0.2, 0) is 9.53 Å². The van der Waals surface area contributed by atoms with E-state index in [1.165, 1.54) is 25.2 Å². The van der Waals surface area contributed by atoms with E-state index in [1.54, 1.807) is 6.92 Å². The van der Waals surface area contributed by atoms with Gasteiger partial charge in [0.1, 0.15) is 12.4 Å². The Morgan fingerprint density at radius 3 is 3.00 bits per heavy atom. The minimum atomic E-state index is -0.632. The van der Waals surface area contributed by atoms with E-state index in [2.05, 4.69) is 30.6 Å². The highest BCUT2D eigenvalue weighted by molar-refractivity contribution is 7.99. The molecule has 0 spiro atoms. The molecule has 1 heterocycles. The van der Waals surface area contributed by atoms with Crippen LogP contribution in [0.5, 0.6) is 0 Å². The van der Waals surface area contributed by atoms with Gasteiger partial charge in [-0.1, -0.05) is 11.8 Å². The monoisotopic (exact) mass is 273 g/mol. The molecule has 100 valence electrons. The quantitative estimate of drug-likeness (QED) is 0.487. The molecule has 2 amide bonds. The molecule has 18 heavy (non-hydrogen) atoms. The predicted molar refractivity (Wildman–Crippen MR) is 65.1 cm³/mol. The Bertz CT molecular complexity index is 384. The summed E-state index contributed by atoms with van der Waals surface area (Å²) in [6, 6.07) is -0.632. The van der Waals surface area contributed by atoms with Gasteiger partial charge in [0.25, 0.3) is 0 Å². The number of H-pyrrole nitrogens is 1. The number of ether oxygens (including phenoxy) is 1. The minimum absolute atomic E-state index is 0.265. The van der Waals surface area contributed by atoms with Crippen molar-refractivity contribution in [3.8, 4) is 0 Å². The maximum atomic E-state index is 11.5. The van der Waals surface area contributed by atoms with Crippen molar-refractivity contribution in [2.24, 2.45) is 0 Å². The van der Waals surface area contributed by atoms with E-state index in [9.17, 15) is 9.59 Å². The topological polar surface area (TPSA) is 109 Å². The lowest BCUT2D eigenvalue weighted by Crippen LogP contribution is -2.45. The fraction of sp³-hybridized carbons (Fsp3) is 0.556. The molecule has 0 saturated heterocycles. The highest BCUT2D eigenvalue weighted by atomic mass is 32.2. The molecule has 1 aromatic rings. The molecule has 0 aromatic carbocycles. The van der Waals surface area contributed by atoms with Crippen LogP contribution in [0.15, 0.2) is 11.5 Å². The Morgan fingerprint density at radius 1 is 1.61 bits per heavy atom. The molecule has 9 heteroatoms. The van der Waals surface area contributed by atoms with Gasteiger partial charge in [0.05, 0.1) is 7.11 Å². The number of aromatic nitrogens is 3. The molecular weight excluding hydrogens is 258 g/mol. The van der Waals surface area contributed by atoms with Crippen LogP contribution in [-0.4, -0.2) is 52.6 Å². The molecule has 1 atom stereocenters. The van der Waals surface area contributed by atoms with Gasteiger partial charge in [-0.15, -0.1) is 0 Å². The third-order valence-corrected chi connectivity index (χ3v) is 2.82. The number of thioether (sulfide) groups is 1. The number of carbonyl (C=O) groups excluding carboxylic acids is 2. The van der Waals surface area contributed by atoms with Crippen molar-refractivity contribution in [2.75, 3.05) is 19.4 Å². The third-order valence-electron chi connectivity index (χ3n) is 1.95. The number of hydrogen-bond acceptors (Lipinski definition) is 6. The standard InChI is InChI=1S/C9H15N5O3S/c1-6(13-9(16)17-2)7(15)10-3-4-18-8-11-5-12-14-8/h5-6H,3-4H2,1-2H3,(H,10,15)(H,13,16)(H,11,12,14)/t6-/m1/s1. The normalized spacial score (nSPS) is 11.7. The number of amides is 2. The van der Waals surface area contributed by atoms with Crippen molar-refractivity contribution in [1.82, 2.24) is 25.8 Å². The van der Waals surface area contributed by atoms with Gasteiger partial charge in [-0.3, -0.25) is 9.89 Å². The van der Waals surface area contributed by atoms with Crippen LogP contribution in [0.25, 0.3) is 0 Å². The van der Waals surface area contributed by atoms with Crippen molar-refractivity contribution in [3.63, 3.8) is 0 Å². The molecule has 0 bridgehead atoms. The van der Waals surface area contributed by atoms with Gasteiger partial charge in [0.2, 0.25) is 5.91 Å². The van der Waals surface area contributed by atoms with Crippen LogP contribution in [0.1, 0.15) is 6.92 Å². The second kappa shape index (κ2) is 7.54. The molecular formula is C9H15N5O3S. The van der Waals surface area contributed by atoms with Gasteiger partial charge >= 0.3 is 6.09 Å². The van der Waals surface area contributed by atoms with E-state index in [0.717, 1.165) is 0 Å². The molecule has 0 aliphatic rings. The van der Waals surface area contributed by atoms with Crippen molar-refractivity contribution >= 4 is 23.8 Å². The first-order valence-corrected chi connectivity index (χ1v) is 6.22. The molecule has 0 aliphatic carbocycles. The maximum Gasteiger partial charge on any atom is 0.407 e. The number of hydrogen-bond donors (Lipinski definition) is 3. The average molecular weight is 273 g/mol. The van der Waals surface area contributed by atoms with Gasteiger partial charge in [-0.05, 0) is 6.92 Å². The van der Waals surface area contributed by atoms with E-state index < -0.39 is 12.1 Å². The summed E-state index contributed by atoms with van der Waals surface area (Å²) >= 11 is 1.44. The number of rotatable bonds is 6. The smallest absolute Gasteiger partial charge is 0.407 e. The molecule has 3 N–H and O–H groups in total. The second-order valence-corrected chi connectivity index (χ2v) is 4.37. The van der Waals surface area contributed by atoms with Gasteiger partial charge in [0, 0.05) is 12.3 Å². The van der Waals surface area contributed by atoms with E-state index in [-0.39, 0.29) is 5.91 Å². The van der Waals surface area contributed by atoms with Crippen molar-refractivity contribution in [2.45, 2.75) is 18.1 Å². The number of aromatic amines is 1. The second-order valence-electron chi connectivity index (χ2n) is 3.29. The SMILES string of the molecule is COC(=O)N[C@H](C)C(=O)NCCSc1ncn[nH]1. The first kappa shape index (κ1) is 14.3. The van der Waals surface area contributed by atoms with Crippen molar-refractivity contribution < 1.29 is 14.3 Å². The zero-order valence-corrected chi connectivity index (χ0v) is 10.9. The summed E-state index contributed by atoms with van der Waals surface area (Å²) in [4.78, 5) is 26.3. The zero-order valence-electron chi connectivity index (χ0n) is 10.1. The van der Waals surface area contributed by atoms with Gasteiger partial charge in [0.15, 0.2) is 5.16 Å². The molecule has 0 fully saturated rings. The average Bonchev–Trinajstić information content (AvgIpc) is 2.87.